The van der Waals surface area contributed by atoms with Gasteiger partial charge in [0, 0.05) is 6.07 Å². The summed E-state index contributed by atoms with van der Waals surface area (Å²) >= 11 is 0. The number of rotatable bonds is 7. The van der Waals surface area contributed by atoms with Crippen molar-refractivity contribution in [2.24, 2.45) is 11.5 Å². The Balaban J connectivity index is 2.28. The molecule has 0 aliphatic rings. The average Bonchev–Trinajstić information content (AvgIpc) is 2.33. The fourth-order valence-corrected chi connectivity index (χ4v) is 1.47. The van der Waals surface area contributed by atoms with E-state index in [9.17, 15) is 13.6 Å². The summed E-state index contributed by atoms with van der Waals surface area (Å²) in [7, 11) is 0. The Morgan fingerprint density at radius 1 is 1.32 bits per heavy atom. The summed E-state index contributed by atoms with van der Waals surface area (Å²) in [6.45, 7) is 1.91. The van der Waals surface area contributed by atoms with Crippen molar-refractivity contribution in [3.63, 3.8) is 0 Å². The van der Waals surface area contributed by atoms with Gasteiger partial charge in [-0.15, -0.1) is 0 Å². The first-order valence-corrected chi connectivity index (χ1v) is 5.99. The predicted molar refractivity (Wildman–Crippen MR) is 67.5 cm³/mol. The smallest absolute Gasteiger partial charge is 0.237 e. The van der Waals surface area contributed by atoms with Crippen molar-refractivity contribution in [3.8, 4) is 5.75 Å². The number of ether oxygens (including phenoxy) is 1. The van der Waals surface area contributed by atoms with Crippen molar-refractivity contribution in [1.82, 2.24) is 0 Å². The standard InChI is InChI=1S/C13H18F2N2O2/c1-13(17,12(16)18)6-2-3-7-19-9-4-5-10(14)11(15)8-9/h4-5,8H,2-3,6-7,17H2,1H3,(H2,16,18). The van der Waals surface area contributed by atoms with Crippen LogP contribution in [0.4, 0.5) is 8.78 Å². The number of nitrogens with two attached hydrogens (primary N) is 2. The minimum absolute atomic E-state index is 0.268. The van der Waals surface area contributed by atoms with E-state index in [0.29, 0.717) is 25.9 Å². The number of unbranched alkanes of at least 4 members (excludes halogenated alkanes) is 1. The summed E-state index contributed by atoms with van der Waals surface area (Å²) in [4.78, 5) is 11.0. The molecular weight excluding hydrogens is 254 g/mol. The van der Waals surface area contributed by atoms with Crippen LogP contribution in [0.2, 0.25) is 0 Å². The van der Waals surface area contributed by atoms with Gasteiger partial charge in [-0.05, 0) is 38.3 Å². The fraction of sp³-hybridized carbons (Fsp3) is 0.462. The van der Waals surface area contributed by atoms with Gasteiger partial charge in [0.15, 0.2) is 11.6 Å². The zero-order valence-corrected chi connectivity index (χ0v) is 10.8. The second kappa shape index (κ2) is 6.47. The van der Waals surface area contributed by atoms with Crippen LogP contribution in [0, 0.1) is 11.6 Å². The third-order valence-electron chi connectivity index (χ3n) is 2.81. The maximum Gasteiger partial charge on any atom is 0.237 e. The lowest BCUT2D eigenvalue weighted by molar-refractivity contribution is -0.122. The zero-order chi connectivity index (χ0) is 14.5. The van der Waals surface area contributed by atoms with E-state index in [1.807, 2.05) is 0 Å². The van der Waals surface area contributed by atoms with Crippen LogP contribution in [0.5, 0.6) is 5.75 Å². The molecule has 19 heavy (non-hydrogen) atoms. The molecule has 0 fully saturated rings. The van der Waals surface area contributed by atoms with Gasteiger partial charge in [0.05, 0.1) is 12.1 Å². The molecule has 0 spiro atoms. The molecule has 0 aliphatic carbocycles. The largest absolute Gasteiger partial charge is 0.493 e. The van der Waals surface area contributed by atoms with Gasteiger partial charge >= 0.3 is 0 Å². The number of carbonyl (C=O) groups is 1. The molecular formula is C13H18F2N2O2. The Morgan fingerprint density at radius 3 is 2.58 bits per heavy atom. The maximum atomic E-state index is 12.9. The van der Waals surface area contributed by atoms with Crippen LogP contribution in [0.3, 0.4) is 0 Å². The molecule has 0 radical (unpaired) electrons. The highest BCUT2D eigenvalue weighted by molar-refractivity contribution is 5.83. The maximum absolute atomic E-state index is 12.9. The molecule has 0 aromatic heterocycles. The molecule has 0 saturated carbocycles. The average molecular weight is 272 g/mol. The number of hydrogen-bond donors (Lipinski definition) is 2. The van der Waals surface area contributed by atoms with Crippen molar-refractivity contribution in [3.05, 3.63) is 29.8 Å². The van der Waals surface area contributed by atoms with E-state index < -0.39 is 23.1 Å². The summed E-state index contributed by atoms with van der Waals surface area (Å²) in [5, 5.41) is 0. The van der Waals surface area contributed by atoms with Crippen molar-refractivity contribution in [2.75, 3.05) is 6.61 Å². The van der Waals surface area contributed by atoms with Gasteiger partial charge in [0.25, 0.3) is 0 Å². The SMILES string of the molecule is CC(N)(CCCCOc1ccc(F)c(F)c1)C(N)=O. The number of carbonyl (C=O) groups excluding carboxylic acids is 1. The molecule has 0 aliphatic heterocycles. The van der Waals surface area contributed by atoms with Gasteiger partial charge in [-0.1, -0.05) is 0 Å². The molecule has 1 amide bonds. The van der Waals surface area contributed by atoms with E-state index in [0.717, 1.165) is 12.1 Å². The van der Waals surface area contributed by atoms with E-state index in [4.69, 9.17) is 16.2 Å². The monoisotopic (exact) mass is 272 g/mol. The van der Waals surface area contributed by atoms with Gasteiger partial charge in [-0.2, -0.15) is 0 Å². The number of amides is 1. The van der Waals surface area contributed by atoms with E-state index >= 15 is 0 Å². The lowest BCUT2D eigenvalue weighted by Crippen LogP contribution is -2.49. The Morgan fingerprint density at radius 2 is 2.00 bits per heavy atom. The van der Waals surface area contributed by atoms with Gasteiger partial charge in [-0.25, -0.2) is 8.78 Å². The van der Waals surface area contributed by atoms with E-state index in [2.05, 4.69) is 0 Å². The van der Waals surface area contributed by atoms with Crippen LogP contribution in [-0.4, -0.2) is 18.1 Å². The van der Waals surface area contributed by atoms with E-state index in [1.54, 1.807) is 6.92 Å². The van der Waals surface area contributed by atoms with Gasteiger partial charge < -0.3 is 16.2 Å². The normalized spacial score (nSPS) is 13.9. The number of halogens is 2. The highest BCUT2D eigenvalue weighted by Crippen LogP contribution is 2.16. The minimum Gasteiger partial charge on any atom is -0.493 e. The Bertz CT molecular complexity index is 450. The van der Waals surface area contributed by atoms with Crippen LogP contribution >= 0.6 is 0 Å². The van der Waals surface area contributed by atoms with Crippen LogP contribution in [0.15, 0.2) is 18.2 Å². The minimum atomic E-state index is -1.03. The second-order valence-electron chi connectivity index (χ2n) is 4.66. The first kappa shape index (κ1) is 15.4. The van der Waals surface area contributed by atoms with Crippen LogP contribution in [0.25, 0.3) is 0 Å². The van der Waals surface area contributed by atoms with Gasteiger partial charge in [-0.3, -0.25) is 4.79 Å². The van der Waals surface area contributed by atoms with Crippen LogP contribution in [-0.2, 0) is 4.79 Å². The molecule has 0 saturated heterocycles. The number of benzene rings is 1. The van der Waals surface area contributed by atoms with Crippen molar-refractivity contribution >= 4 is 5.91 Å². The molecule has 4 nitrogen and oxygen atoms in total. The molecule has 1 aromatic rings. The number of primary amides is 1. The molecule has 106 valence electrons. The van der Waals surface area contributed by atoms with E-state index in [-0.39, 0.29) is 5.75 Å². The third-order valence-corrected chi connectivity index (χ3v) is 2.81. The quantitative estimate of drug-likeness (QED) is 0.742. The molecule has 1 rings (SSSR count). The Labute approximate surface area is 110 Å². The fourth-order valence-electron chi connectivity index (χ4n) is 1.47. The van der Waals surface area contributed by atoms with Crippen LogP contribution < -0.4 is 16.2 Å². The molecule has 0 bridgehead atoms. The number of hydrogen-bond acceptors (Lipinski definition) is 3. The lowest BCUT2D eigenvalue weighted by atomic mass is 9.96. The highest BCUT2D eigenvalue weighted by atomic mass is 19.2. The summed E-state index contributed by atoms with van der Waals surface area (Å²) in [5.74, 6) is -2.13. The zero-order valence-electron chi connectivity index (χ0n) is 10.8. The molecule has 0 heterocycles. The van der Waals surface area contributed by atoms with Gasteiger partial charge in [0.1, 0.15) is 5.75 Å². The van der Waals surface area contributed by atoms with Crippen molar-refractivity contribution < 1.29 is 18.3 Å². The predicted octanol–water partition coefficient (Wildman–Crippen LogP) is 1.72. The summed E-state index contributed by atoms with van der Waals surface area (Å²) in [6.07, 6.45) is 1.74. The summed E-state index contributed by atoms with van der Waals surface area (Å²) < 4.78 is 30.8. The van der Waals surface area contributed by atoms with Crippen molar-refractivity contribution in [1.29, 1.82) is 0 Å². The first-order chi connectivity index (χ1) is 8.83. The highest BCUT2D eigenvalue weighted by Gasteiger charge is 2.24. The molecule has 6 heteroatoms. The van der Waals surface area contributed by atoms with Crippen LogP contribution in [0.1, 0.15) is 26.2 Å². The Kier molecular flexibility index (Phi) is 5.23. The first-order valence-electron chi connectivity index (χ1n) is 5.99. The summed E-state index contributed by atoms with van der Waals surface area (Å²) in [6, 6.07) is 3.36. The van der Waals surface area contributed by atoms with Gasteiger partial charge in [0.2, 0.25) is 5.91 Å². The van der Waals surface area contributed by atoms with E-state index in [1.165, 1.54) is 6.07 Å². The Hall–Kier alpha value is -1.69. The molecule has 4 N–H and O–H groups in total. The third kappa shape index (κ3) is 4.82. The topological polar surface area (TPSA) is 78.3 Å². The van der Waals surface area contributed by atoms with Crippen molar-refractivity contribution in [2.45, 2.75) is 31.7 Å². The summed E-state index contributed by atoms with van der Waals surface area (Å²) in [5.41, 5.74) is 9.79. The molecule has 1 atom stereocenters. The second-order valence-corrected chi connectivity index (χ2v) is 4.66. The molecule has 1 aromatic carbocycles. The lowest BCUT2D eigenvalue weighted by Gasteiger charge is -2.19. The molecule has 1 unspecified atom stereocenters.